The lowest BCUT2D eigenvalue weighted by molar-refractivity contribution is -0.137. The molecule has 1 aromatic heterocycles. The van der Waals surface area contributed by atoms with Crippen LogP contribution in [-0.2, 0) is 19.0 Å². The van der Waals surface area contributed by atoms with E-state index in [0.717, 1.165) is 30.0 Å². The van der Waals surface area contributed by atoms with Crippen molar-refractivity contribution < 1.29 is 13.2 Å². The first-order chi connectivity index (χ1) is 12.9. The monoisotopic (exact) mass is 394 g/mol. The van der Waals surface area contributed by atoms with E-state index in [0.29, 0.717) is 18.1 Å². The number of aromatic nitrogens is 1. The van der Waals surface area contributed by atoms with Crippen LogP contribution < -0.4 is 10.6 Å². The summed E-state index contributed by atoms with van der Waals surface area (Å²) in [6, 6.07) is 4.97. The van der Waals surface area contributed by atoms with E-state index in [2.05, 4.69) is 39.4 Å². The van der Waals surface area contributed by atoms with Crippen LogP contribution in [0, 0.1) is 11.8 Å². The fourth-order valence-corrected chi connectivity index (χ4v) is 3.04. The van der Waals surface area contributed by atoms with Crippen molar-refractivity contribution in [2.24, 2.45) is 4.99 Å². The second-order valence-corrected chi connectivity index (χ2v) is 6.76. The fraction of sp³-hybridized carbons (Fsp3) is 0.368. The van der Waals surface area contributed by atoms with Crippen molar-refractivity contribution in [3.05, 3.63) is 51.5 Å². The standard InChI is InChI=1S/C19H21F3N4S/c1-3-16-13-26-17(27-16)9-11-25-18(23-2)24-10-5-7-14-6-4-8-15(12-14)19(20,21)22/h4,6,8,12-13H,3,9-11H2,1-2H3,(H2,23,24,25). The number of thiazole rings is 1. The molecule has 0 saturated heterocycles. The van der Waals surface area contributed by atoms with Gasteiger partial charge in [0.1, 0.15) is 0 Å². The van der Waals surface area contributed by atoms with Gasteiger partial charge in [-0.3, -0.25) is 4.99 Å². The summed E-state index contributed by atoms with van der Waals surface area (Å²) in [7, 11) is 1.65. The summed E-state index contributed by atoms with van der Waals surface area (Å²) in [4.78, 5) is 9.71. The number of hydrogen-bond acceptors (Lipinski definition) is 3. The zero-order chi connectivity index (χ0) is 19.7. The molecule has 0 saturated carbocycles. The van der Waals surface area contributed by atoms with Crippen LogP contribution >= 0.6 is 11.3 Å². The lowest BCUT2D eigenvalue weighted by Gasteiger charge is -2.08. The van der Waals surface area contributed by atoms with Gasteiger partial charge in [-0.2, -0.15) is 13.2 Å². The molecule has 1 aromatic carbocycles. The molecule has 0 bridgehead atoms. The Labute approximate surface area is 160 Å². The van der Waals surface area contributed by atoms with E-state index in [9.17, 15) is 13.2 Å². The number of alkyl halides is 3. The van der Waals surface area contributed by atoms with Crippen molar-refractivity contribution >= 4 is 17.3 Å². The summed E-state index contributed by atoms with van der Waals surface area (Å²) in [5.41, 5.74) is -0.377. The lowest BCUT2D eigenvalue weighted by Crippen LogP contribution is -2.38. The highest BCUT2D eigenvalue weighted by Gasteiger charge is 2.30. The normalized spacial score (nSPS) is 11.7. The maximum Gasteiger partial charge on any atom is 0.416 e. The van der Waals surface area contributed by atoms with Crippen LogP contribution in [-0.4, -0.2) is 31.1 Å². The molecule has 8 heteroatoms. The highest BCUT2D eigenvalue weighted by Crippen LogP contribution is 2.29. The van der Waals surface area contributed by atoms with Gasteiger partial charge in [-0.15, -0.1) is 11.3 Å². The minimum atomic E-state index is -4.36. The molecule has 0 spiro atoms. The van der Waals surface area contributed by atoms with E-state index in [1.54, 1.807) is 24.5 Å². The van der Waals surface area contributed by atoms with Gasteiger partial charge >= 0.3 is 6.18 Å². The summed E-state index contributed by atoms with van der Waals surface area (Å²) >= 11 is 1.70. The highest BCUT2D eigenvalue weighted by molar-refractivity contribution is 7.11. The smallest absolute Gasteiger partial charge is 0.356 e. The predicted molar refractivity (Wildman–Crippen MR) is 103 cm³/mol. The van der Waals surface area contributed by atoms with Crippen LogP contribution in [0.1, 0.15) is 27.9 Å². The first-order valence-corrected chi connectivity index (χ1v) is 9.28. The summed E-state index contributed by atoms with van der Waals surface area (Å²) in [5.74, 6) is 6.11. The third-order valence-electron chi connectivity index (χ3n) is 3.57. The number of rotatable bonds is 5. The molecule has 0 radical (unpaired) electrons. The molecule has 27 heavy (non-hydrogen) atoms. The second kappa shape index (κ2) is 9.97. The summed E-state index contributed by atoms with van der Waals surface area (Å²) in [6.07, 6.45) is -0.687. The SMILES string of the molecule is CCc1cnc(CCNC(=NC)NCC#Cc2cccc(C(F)(F)F)c2)s1. The maximum absolute atomic E-state index is 12.7. The Kier molecular flexibility index (Phi) is 7.67. The summed E-state index contributed by atoms with van der Waals surface area (Å²) in [5, 5.41) is 7.24. The Morgan fingerprint density at radius 3 is 2.78 bits per heavy atom. The number of aryl methyl sites for hydroxylation is 1. The van der Waals surface area contributed by atoms with Crippen LogP contribution in [0.4, 0.5) is 13.2 Å². The molecule has 2 aromatic rings. The van der Waals surface area contributed by atoms with E-state index in [-0.39, 0.29) is 6.54 Å². The number of nitrogens with zero attached hydrogens (tertiary/aromatic N) is 2. The van der Waals surface area contributed by atoms with Gasteiger partial charge in [0.2, 0.25) is 0 Å². The number of nitrogens with one attached hydrogen (secondary N) is 2. The number of benzene rings is 1. The zero-order valence-corrected chi connectivity index (χ0v) is 16.0. The molecule has 0 unspecified atom stereocenters. The minimum Gasteiger partial charge on any atom is -0.356 e. The van der Waals surface area contributed by atoms with Crippen LogP contribution in [0.2, 0.25) is 0 Å². The fourth-order valence-electron chi connectivity index (χ4n) is 2.18. The van der Waals surface area contributed by atoms with Gasteiger partial charge in [0.05, 0.1) is 17.1 Å². The Morgan fingerprint density at radius 1 is 1.30 bits per heavy atom. The molecule has 0 aliphatic rings. The van der Waals surface area contributed by atoms with E-state index >= 15 is 0 Å². The van der Waals surface area contributed by atoms with Crippen LogP contribution in [0.15, 0.2) is 35.5 Å². The van der Waals surface area contributed by atoms with Gasteiger partial charge in [0.15, 0.2) is 5.96 Å². The molecule has 1 heterocycles. The molecular weight excluding hydrogens is 373 g/mol. The number of aliphatic imine (C=N–C) groups is 1. The van der Waals surface area contributed by atoms with Crippen molar-refractivity contribution in [2.75, 3.05) is 20.1 Å². The largest absolute Gasteiger partial charge is 0.416 e. The predicted octanol–water partition coefficient (Wildman–Crippen LogP) is 3.48. The molecule has 0 atom stereocenters. The van der Waals surface area contributed by atoms with E-state index < -0.39 is 11.7 Å². The number of guanidine groups is 1. The van der Waals surface area contributed by atoms with Crippen LogP contribution in [0.25, 0.3) is 0 Å². The van der Waals surface area contributed by atoms with Crippen molar-refractivity contribution in [3.8, 4) is 11.8 Å². The third kappa shape index (κ3) is 6.94. The summed E-state index contributed by atoms with van der Waals surface area (Å²) < 4.78 is 38.0. The second-order valence-electron chi connectivity index (χ2n) is 5.56. The Morgan fingerprint density at radius 2 is 2.11 bits per heavy atom. The van der Waals surface area contributed by atoms with Crippen molar-refractivity contribution in [3.63, 3.8) is 0 Å². The average molecular weight is 394 g/mol. The molecular formula is C19H21F3N4S. The highest BCUT2D eigenvalue weighted by atomic mass is 32.1. The quantitative estimate of drug-likeness (QED) is 0.464. The first-order valence-electron chi connectivity index (χ1n) is 8.46. The Bertz CT molecular complexity index is 831. The van der Waals surface area contributed by atoms with Gasteiger partial charge < -0.3 is 10.6 Å². The van der Waals surface area contributed by atoms with Gasteiger partial charge in [0, 0.05) is 36.7 Å². The zero-order valence-electron chi connectivity index (χ0n) is 15.2. The van der Waals surface area contributed by atoms with Crippen LogP contribution in [0.3, 0.4) is 0 Å². The number of halogens is 3. The molecule has 0 aliphatic carbocycles. The molecule has 0 fully saturated rings. The molecule has 144 valence electrons. The van der Waals surface area contributed by atoms with Crippen molar-refractivity contribution in [2.45, 2.75) is 25.9 Å². The first kappa shape index (κ1) is 20.8. The van der Waals surface area contributed by atoms with Gasteiger partial charge in [-0.25, -0.2) is 4.98 Å². The van der Waals surface area contributed by atoms with Crippen molar-refractivity contribution in [1.29, 1.82) is 0 Å². The van der Waals surface area contributed by atoms with E-state index in [1.807, 2.05) is 6.20 Å². The van der Waals surface area contributed by atoms with Gasteiger partial charge in [-0.1, -0.05) is 24.8 Å². The lowest BCUT2D eigenvalue weighted by atomic mass is 10.1. The molecule has 4 nitrogen and oxygen atoms in total. The van der Waals surface area contributed by atoms with Gasteiger partial charge in [0.25, 0.3) is 0 Å². The van der Waals surface area contributed by atoms with Crippen molar-refractivity contribution in [1.82, 2.24) is 15.6 Å². The van der Waals surface area contributed by atoms with E-state index in [1.165, 1.54) is 10.9 Å². The minimum absolute atomic E-state index is 0.271. The molecule has 0 amide bonds. The maximum atomic E-state index is 12.7. The average Bonchev–Trinajstić information content (AvgIpc) is 3.11. The summed E-state index contributed by atoms with van der Waals surface area (Å²) in [6.45, 7) is 3.05. The number of hydrogen-bond donors (Lipinski definition) is 2. The van der Waals surface area contributed by atoms with Crippen LogP contribution in [0.5, 0.6) is 0 Å². The van der Waals surface area contributed by atoms with E-state index in [4.69, 9.17) is 0 Å². The molecule has 2 rings (SSSR count). The third-order valence-corrected chi connectivity index (χ3v) is 4.77. The molecule has 2 N–H and O–H groups in total. The molecule has 0 aliphatic heterocycles. The topological polar surface area (TPSA) is 49.3 Å². The Balaban J connectivity index is 1.79. The Hall–Kier alpha value is -2.53. The van der Waals surface area contributed by atoms with Gasteiger partial charge in [-0.05, 0) is 24.6 Å².